The van der Waals surface area contributed by atoms with E-state index in [4.69, 9.17) is 10.5 Å². The molecule has 0 bridgehead atoms. The highest BCUT2D eigenvalue weighted by atomic mass is 19.1. The van der Waals surface area contributed by atoms with Gasteiger partial charge in [0, 0.05) is 17.8 Å². The molecule has 0 aromatic heterocycles. The standard InChI is InChI=1S/C19H20FN3O3/c20-17-7-6-13(10-16(17)18(21)24)22-14-8-15(9-14)23-19(25)26-11-12-4-2-1-3-5-12/h1-7,10,14-15,22H,8-9,11H2,(H2,21,24)(H,23,25). The normalized spacial score (nSPS) is 18.5. The number of carbonyl (C=O) groups excluding carboxylic acids is 2. The van der Waals surface area contributed by atoms with E-state index in [1.807, 2.05) is 30.3 Å². The summed E-state index contributed by atoms with van der Waals surface area (Å²) in [6.07, 6.45) is 0.975. The van der Waals surface area contributed by atoms with Crippen LogP contribution in [0.3, 0.4) is 0 Å². The fourth-order valence-electron chi connectivity index (χ4n) is 2.82. The second kappa shape index (κ2) is 7.86. The minimum absolute atomic E-state index is 0.0202. The molecule has 1 saturated carbocycles. The third kappa shape index (κ3) is 4.50. The SMILES string of the molecule is NC(=O)c1cc(NC2CC(NC(=O)OCc3ccccc3)C2)ccc1F. The van der Waals surface area contributed by atoms with Crippen LogP contribution in [0.1, 0.15) is 28.8 Å². The van der Waals surface area contributed by atoms with Crippen LogP contribution in [0, 0.1) is 5.82 Å². The number of hydrogen-bond acceptors (Lipinski definition) is 4. The van der Waals surface area contributed by atoms with Crippen molar-refractivity contribution in [3.8, 4) is 0 Å². The maximum absolute atomic E-state index is 13.5. The van der Waals surface area contributed by atoms with Crippen molar-refractivity contribution in [3.05, 3.63) is 65.5 Å². The Morgan fingerprint density at radius 1 is 1.12 bits per heavy atom. The maximum Gasteiger partial charge on any atom is 0.407 e. The van der Waals surface area contributed by atoms with E-state index in [0.717, 1.165) is 5.56 Å². The molecule has 3 rings (SSSR count). The number of benzene rings is 2. The Balaban J connectivity index is 1.41. The van der Waals surface area contributed by atoms with Crippen LogP contribution in [0.2, 0.25) is 0 Å². The van der Waals surface area contributed by atoms with Crippen molar-refractivity contribution in [2.45, 2.75) is 31.5 Å². The lowest BCUT2D eigenvalue weighted by Crippen LogP contribution is -2.49. The molecule has 0 spiro atoms. The molecule has 0 atom stereocenters. The number of rotatable bonds is 6. The Labute approximate surface area is 150 Å². The van der Waals surface area contributed by atoms with Gasteiger partial charge in [0.25, 0.3) is 5.91 Å². The first-order chi connectivity index (χ1) is 12.5. The van der Waals surface area contributed by atoms with Gasteiger partial charge in [-0.2, -0.15) is 0 Å². The number of carbonyl (C=O) groups is 2. The van der Waals surface area contributed by atoms with Gasteiger partial charge in [-0.15, -0.1) is 0 Å². The number of alkyl carbamates (subject to hydrolysis) is 1. The molecule has 0 unspecified atom stereocenters. The summed E-state index contributed by atoms with van der Waals surface area (Å²) in [5.41, 5.74) is 6.54. The van der Waals surface area contributed by atoms with Crippen LogP contribution in [0.4, 0.5) is 14.9 Å². The molecule has 0 heterocycles. The minimum atomic E-state index is -0.805. The van der Waals surface area contributed by atoms with E-state index in [1.165, 1.54) is 12.1 Å². The van der Waals surface area contributed by atoms with Gasteiger partial charge in [-0.1, -0.05) is 30.3 Å². The third-order valence-corrected chi connectivity index (χ3v) is 4.28. The minimum Gasteiger partial charge on any atom is -0.445 e. The molecule has 26 heavy (non-hydrogen) atoms. The lowest BCUT2D eigenvalue weighted by molar-refractivity contribution is 0.0996. The molecule has 2 aromatic carbocycles. The maximum atomic E-state index is 13.5. The summed E-state index contributed by atoms with van der Waals surface area (Å²) in [6.45, 7) is 0.229. The molecule has 2 aromatic rings. The van der Waals surface area contributed by atoms with Crippen LogP contribution in [-0.2, 0) is 11.3 Å². The number of amides is 2. The van der Waals surface area contributed by atoms with Crippen molar-refractivity contribution in [3.63, 3.8) is 0 Å². The van der Waals surface area contributed by atoms with Crippen molar-refractivity contribution in [1.82, 2.24) is 5.32 Å². The van der Waals surface area contributed by atoms with Gasteiger partial charge in [-0.05, 0) is 36.6 Å². The largest absolute Gasteiger partial charge is 0.445 e. The van der Waals surface area contributed by atoms with E-state index >= 15 is 0 Å². The predicted octanol–water partition coefficient (Wildman–Crippen LogP) is 2.79. The molecule has 0 aliphatic heterocycles. The molecule has 136 valence electrons. The predicted molar refractivity (Wildman–Crippen MR) is 95.1 cm³/mol. The first-order valence-corrected chi connectivity index (χ1v) is 8.34. The fourth-order valence-corrected chi connectivity index (χ4v) is 2.82. The van der Waals surface area contributed by atoms with E-state index in [2.05, 4.69) is 10.6 Å². The summed E-state index contributed by atoms with van der Waals surface area (Å²) < 4.78 is 18.6. The summed E-state index contributed by atoms with van der Waals surface area (Å²) in [5, 5.41) is 6.00. The van der Waals surface area contributed by atoms with Crippen molar-refractivity contribution in [2.24, 2.45) is 5.73 Å². The average molecular weight is 357 g/mol. The van der Waals surface area contributed by atoms with Crippen LogP contribution in [0.25, 0.3) is 0 Å². The van der Waals surface area contributed by atoms with Crippen LogP contribution in [0.5, 0.6) is 0 Å². The average Bonchev–Trinajstić information content (AvgIpc) is 2.60. The van der Waals surface area contributed by atoms with Gasteiger partial charge in [-0.25, -0.2) is 9.18 Å². The highest BCUT2D eigenvalue weighted by Gasteiger charge is 2.30. The monoisotopic (exact) mass is 357 g/mol. The van der Waals surface area contributed by atoms with Crippen molar-refractivity contribution in [2.75, 3.05) is 5.32 Å². The Bertz CT molecular complexity index is 792. The first-order valence-electron chi connectivity index (χ1n) is 8.34. The van der Waals surface area contributed by atoms with Gasteiger partial charge in [0.15, 0.2) is 0 Å². The summed E-state index contributed by atoms with van der Waals surface area (Å²) in [7, 11) is 0. The molecule has 7 heteroatoms. The van der Waals surface area contributed by atoms with E-state index in [0.29, 0.717) is 18.5 Å². The number of nitrogens with two attached hydrogens (primary N) is 1. The summed E-state index contributed by atoms with van der Waals surface area (Å²) in [6, 6.07) is 13.8. The fraction of sp³-hybridized carbons (Fsp3) is 0.263. The lowest BCUT2D eigenvalue weighted by atomic mass is 9.86. The third-order valence-electron chi connectivity index (χ3n) is 4.28. The molecule has 2 amide bonds. The molecular formula is C19H20FN3O3. The van der Waals surface area contributed by atoms with Crippen molar-refractivity contribution in [1.29, 1.82) is 0 Å². The van der Waals surface area contributed by atoms with Gasteiger partial charge >= 0.3 is 6.09 Å². The second-order valence-corrected chi connectivity index (χ2v) is 6.27. The molecule has 4 N–H and O–H groups in total. The van der Waals surface area contributed by atoms with Gasteiger partial charge in [0.1, 0.15) is 12.4 Å². The molecule has 1 aliphatic carbocycles. The lowest BCUT2D eigenvalue weighted by Gasteiger charge is -2.36. The van der Waals surface area contributed by atoms with Gasteiger partial charge in [-0.3, -0.25) is 4.79 Å². The van der Waals surface area contributed by atoms with E-state index < -0.39 is 17.8 Å². The van der Waals surface area contributed by atoms with E-state index in [-0.39, 0.29) is 24.3 Å². The summed E-state index contributed by atoms with van der Waals surface area (Å²) >= 11 is 0. The molecule has 0 saturated heterocycles. The van der Waals surface area contributed by atoms with Gasteiger partial charge in [0.2, 0.25) is 0 Å². The van der Waals surface area contributed by atoms with Crippen LogP contribution in [0.15, 0.2) is 48.5 Å². The zero-order valence-electron chi connectivity index (χ0n) is 14.1. The van der Waals surface area contributed by atoms with E-state index in [9.17, 15) is 14.0 Å². The van der Waals surface area contributed by atoms with Crippen LogP contribution >= 0.6 is 0 Å². The Hall–Kier alpha value is -3.09. The number of hydrogen-bond donors (Lipinski definition) is 3. The molecule has 0 radical (unpaired) electrons. The molecular weight excluding hydrogens is 337 g/mol. The summed E-state index contributed by atoms with van der Waals surface area (Å²) in [5.74, 6) is -1.45. The molecule has 6 nitrogen and oxygen atoms in total. The smallest absolute Gasteiger partial charge is 0.407 e. The Morgan fingerprint density at radius 2 is 1.85 bits per heavy atom. The summed E-state index contributed by atoms with van der Waals surface area (Å²) in [4.78, 5) is 23.0. The topological polar surface area (TPSA) is 93.5 Å². The molecule has 1 fully saturated rings. The van der Waals surface area contributed by atoms with Crippen molar-refractivity contribution >= 4 is 17.7 Å². The molecule has 1 aliphatic rings. The highest BCUT2D eigenvalue weighted by Crippen LogP contribution is 2.25. The zero-order valence-corrected chi connectivity index (χ0v) is 14.1. The number of anilines is 1. The number of ether oxygens (including phenoxy) is 1. The Morgan fingerprint density at radius 3 is 2.54 bits per heavy atom. The first kappa shape index (κ1) is 17.7. The van der Waals surface area contributed by atoms with E-state index in [1.54, 1.807) is 6.07 Å². The van der Waals surface area contributed by atoms with Crippen molar-refractivity contribution < 1.29 is 18.7 Å². The number of nitrogens with one attached hydrogen (secondary N) is 2. The van der Waals surface area contributed by atoms with Gasteiger partial charge < -0.3 is 21.1 Å². The number of primary amides is 1. The second-order valence-electron chi connectivity index (χ2n) is 6.27. The van der Waals surface area contributed by atoms with Crippen LogP contribution < -0.4 is 16.4 Å². The highest BCUT2D eigenvalue weighted by molar-refractivity contribution is 5.94. The van der Waals surface area contributed by atoms with Gasteiger partial charge in [0.05, 0.1) is 5.56 Å². The number of halogens is 1. The quantitative estimate of drug-likeness (QED) is 0.741. The zero-order chi connectivity index (χ0) is 18.5. The Kier molecular flexibility index (Phi) is 5.36. The van der Waals surface area contributed by atoms with Crippen LogP contribution in [-0.4, -0.2) is 24.1 Å².